The van der Waals surface area contributed by atoms with Gasteiger partial charge in [-0.15, -0.1) is 0 Å². The number of fused-ring (bicyclic) bond motifs is 1. The Morgan fingerprint density at radius 2 is 1.82 bits per heavy atom. The molecule has 3 N–H and O–H groups in total. The molecule has 0 spiro atoms. The van der Waals surface area contributed by atoms with Crippen LogP contribution in [0.1, 0.15) is 38.7 Å². The van der Waals surface area contributed by atoms with Gasteiger partial charge in [-0.3, -0.25) is 4.79 Å². The highest BCUT2D eigenvalue weighted by molar-refractivity contribution is 5.77. The maximum absolute atomic E-state index is 13.9. The molecule has 4 heterocycles. The number of nitrogens with zero attached hydrogens (tertiary/aromatic N) is 5. The van der Waals surface area contributed by atoms with E-state index in [0.29, 0.717) is 16.8 Å². The van der Waals surface area contributed by atoms with E-state index in [1.807, 2.05) is 4.57 Å². The zero-order valence-corrected chi connectivity index (χ0v) is 21.3. The quantitative estimate of drug-likeness (QED) is 0.324. The molecule has 0 aromatic carbocycles. The second kappa shape index (κ2) is 8.36. The number of alkyl halides is 3. The maximum Gasteiger partial charge on any atom is 0.420 e. The SMILES string of the molecule is CC(C)(O)Cn1ccc(-c2ccc(Nc3nc4c(cc3C(F)(F)F)ncn4C34CC(CO)(C3)C4)nc2)cc1=O. The van der Waals surface area contributed by atoms with E-state index in [-0.39, 0.29) is 46.8 Å². The third-order valence-corrected chi connectivity index (χ3v) is 7.68. The van der Waals surface area contributed by atoms with E-state index in [9.17, 15) is 28.2 Å². The number of aliphatic hydroxyl groups is 2. The van der Waals surface area contributed by atoms with Crippen molar-refractivity contribution in [2.75, 3.05) is 11.9 Å². The summed E-state index contributed by atoms with van der Waals surface area (Å²) in [4.78, 5) is 25.3. The van der Waals surface area contributed by atoms with Crippen molar-refractivity contribution in [1.82, 2.24) is 24.1 Å². The van der Waals surface area contributed by atoms with Crippen LogP contribution < -0.4 is 10.9 Å². The summed E-state index contributed by atoms with van der Waals surface area (Å²) in [5.41, 5.74) is -0.960. The van der Waals surface area contributed by atoms with Crippen LogP contribution in [0.3, 0.4) is 0 Å². The zero-order valence-electron chi connectivity index (χ0n) is 21.3. The van der Waals surface area contributed by atoms with Crippen LogP contribution in [-0.2, 0) is 18.3 Å². The van der Waals surface area contributed by atoms with Crippen LogP contribution in [0.5, 0.6) is 0 Å². The summed E-state index contributed by atoms with van der Waals surface area (Å²) in [5.74, 6) is -0.225. The summed E-state index contributed by atoms with van der Waals surface area (Å²) in [6.45, 7) is 3.45. The normalized spacial score (nSPS) is 22.4. The second-order valence-corrected chi connectivity index (χ2v) is 11.5. The van der Waals surface area contributed by atoms with Gasteiger partial charge in [-0.2, -0.15) is 13.2 Å². The van der Waals surface area contributed by atoms with Crippen LogP contribution in [0.25, 0.3) is 22.3 Å². The fourth-order valence-electron chi connectivity index (χ4n) is 5.96. The van der Waals surface area contributed by atoms with Gasteiger partial charge in [-0.05, 0) is 62.9 Å². The lowest BCUT2D eigenvalue weighted by Crippen LogP contribution is -2.68. The van der Waals surface area contributed by atoms with Crippen molar-refractivity contribution in [3.8, 4) is 11.1 Å². The van der Waals surface area contributed by atoms with Crippen molar-refractivity contribution in [1.29, 1.82) is 0 Å². The van der Waals surface area contributed by atoms with E-state index in [0.717, 1.165) is 25.3 Å². The van der Waals surface area contributed by atoms with Crippen molar-refractivity contribution in [2.45, 2.75) is 57.0 Å². The topological polar surface area (TPSA) is 118 Å². The van der Waals surface area contributed by atoms with Crippen molar-refractivity contribution < 1.29 is 23.4 Å². The largest absolute Gasteiger partial charge is 0.420 e. The van der Waals surface area contributed by atoms with Crippen LogP contribution in [0, 0.1) is 5.41 Å². The Balaban J connectivity index is 1.29. The molecule has 0 atom stereocenters. The molecule has 3 saturated carbocycles. The van der Waals surface area contributed by atoms with Gasteiger partial charge in [0.05, 0.1) is 18.5 Å². The molecule has 12 heteroatoms. The van der Waals surface area contributed by atoms with Gasteiger partial charge in [-0.25, -0.2) is 15.0 Å². The molecule has 3 aliphatic carbocycles. The molecule has 0 saturated heterocycles. The number of anilines is 2. The van der Waals surface area contributed by atoms with Crippen LogP contribution in [0.15, 0.2) is 53.8 Å². The number of halogens is 3. The number of hydrogen-bond donors (Lipinski definition) is 3. The van der Waals surface area contributed by atoms with Crippen molar-refractivity contribution in [3.05, 3.63) is 65.0 Å². The molecule has 0 radical (unpaired) electrons. The molecule has 0 aliphatic heterocycles. The minimum Gasteiger partial charge on any atom is -0.396 e. The predicted octanol–water partition coefficient (Wildman–Crippen LogP) is 4.06. The third-order valence-electron chi connectivity index (χ3n) is 7.68. The van der Waals surface area contributed by atoms with Gasteiger partial charge < -0.3 is 24.7 Å². The number of aliphatic hydroxyl groups excluding tert-OH is 1. The lowest BCUT2D eigenvalue weighted by atomic mass is 9.39. The first-order valence-electron chi connectivity index (χ1n) is 12.5. The Hall–Kier alpha value is -3.77. The molecule has 39 heavy (non-hydrogen) atoms. The lowest BCUT2D eigenvalue weighted by molar-refractivity contribution is -0.206. The lowest BCUT2D eigenvalue weighted by Gasteiger charge is -2.70. The van der Waals surface area contributed by atoms with Crippen molar-refractivity contribution >= 4 is 22.8 Å². The van der Waals surface area contributed by atoms with E-state index < -0.39 is 17.3 Å². The molecule has 2 bridgehead atoms. The fourth-order valence-corrected chi connectivity index (χ4v) is 5.96. The Kier molecular flexibility index (Phi) is 5.47. The second-order valence-electron chi connectivity index (χ2n) is 11.5. The van der Waals surface area contributed by atoms with E-state index in [2.05, 4.69) is 20.3 Å². The van der Waals surface area contributed by atoms with Crippen LogP contribution in [0.2, 0.25) is 0 Å². The molecule has 3 aliphatic rings. The monoisotopic (exact) mass is 540 g/mol. The molecular weight excluding hydrogens is 513 g/mol. The molecule has 0 unspecified atom stereocenters. The first-order valence-corrected chi connectivity index (χ1v) is 12.5. The molecule has 7 rings (SSSR count). The Labute approximate surface area is 221 Å². The van der Waals surface area contributed by atoms with Crippen molar-refractivity contribution in [2.24, 2.45) is 5.41 Å². The Bertz CT molecular complexity index is 1620. The molecule has 3 fully saturated rings. The van der Waals surface area contributed by atoms with Gasteiger partial charge >= 0.3 is 6.18 Å². The minimum absolute atomic E-state index is 0.0868. The van der Waals surface area contributed by atoms with Gasteiger partial charge in [-0.1, -0.05) is 0 Å². The molecule has 4 aromatic heterocycles. The average molecular weight is 541 g/mol. The van der Waals surface area contributed by atoms with E-state index in [1.54, 1.807) is 32.2 Å². The molecule has 4 aromatic rings. The minimum atomic E-state index is -4.67. The Morgan fingerprint density at radius 3 is 2.41 bits per heavy atom. The summed E-state index contributed by atoms with van der Waals surface area (Å²) in [5, 5.41) is 22.3. The van der Waals surface area contributed by atoms with Crippen LogP contribution in [0.4, 0.5) is 24.8 Å². The zero-order chi connectivity index (χ0) is 27.8. The molecular formula is C27H27F3N6O3. The van der Waals surface area contributed by atoms with E-state index in [4.69, 9.17) is 0 Å². The summed E-state index contributed by atoms with van der Waals surface area (Å²) < 4.78 is 45.1. The van der Waals surface area contributed by atoms with Gasteiger partial charge in [0.2, 0.25) is 0 Å². The first-order chi connectivity index (χ1) is 18.3. The molecule has 0 amide bonds. The van der Waals surface area contributed by atoms with E-state index in [1.165, 1.54) is 29.2 Å². The fraction of sp³-hybridized carbons (Fsp3) is 0.407. The van der Waals surface area contributed by atoms with Crippen LogP contribution >= 0.6 is 0 Å². The summed E-state index contributed by atoms with van der Waals surface area (Å²) in [6.07, 6.45) is 2.15. The van der Waals surface area contributed by atoms with Gasteiger partial charge in [0.25, 0.3) is 5.56 Å². The van der Waals surface area contributed by atoms with Gasteiger partial charge in [0, 0.05) is 41.6 Å². The highest BCUT2D eigenvalue weighted by Crippen LogP contribution is 2.71. The molecule has 204 valence electrons. The number of hydrogen-bond acceptors (Lipinski definition) is 7. The molecule has 9 nitrogen and oxygen atoms in total. The maximum atomic E-state index is 13.9. The van der Waals surface area contributed by atoms with Crippen LogP contribution in [-0.4, -0.2) is 46.5 Å². The summed E-state index contributed by atoms with van der Waals surface area (Å²) >= 11 is 0. The number of rotatable bonds is 7. The van der Waals surface area contributed by atoms with Gasteiger partial charge in [0.1, 0.15) is 22.7 Å². The Morgan fingerprint density at radius 1 is 1.08 bits per heavy atom. The van der Waals surface area contributed by atoms with Gasteiger partial charge in [0.15, 0.2) is 5.65 Å². The number of nitrogens with one attached hydrogen (secondary N) is 1. The summed E-state index contributed by atoms with van der Waals surface area (Å²) in [6, 6.07) is 7.29. The number of imidazole rings is 1. The predicted molar refractivity (Wildman–Crippen MR) is 137 cm³/mol. The third kappa shape index (κ3) is 4.37. The average Bonchev–Trinajstić information content (AvgIpc) is 3.21. The first kappa shape index (κ1) is 25.5. The highest BCUT2D eigenvalue weighted by Gasteiger charge is 2.68. The smallest absolute Gasteiger partial charge is 0.396 e. The number of pyridine rings is 3. The summed E-state index contributed by atoms with van der Waals surface area (Å²) in [7, 11) is 0. The number of aromatic nitrogens is 5. The standard InChI is InChI=1S/C27H27F3N6O3/c1-24(2,39)13-35-6-5-16(7-21(35)38)17-3-4-20(31-9-17)33-22-18(27(28,29)30)8-19-23(34-22)36(15-32-19)26-10-25(11-26,12-26)14-37/h3-9,15,37,39H,10-14H2,1-2H3,(H,31,33,34). The van der Waals surface area contributed by atoms with E-state index >= 15 is 0 Å². The van der Waals surface area contributed by atoms with Crippen molar-refractivity contribution in [3.63, 3.8) is 0 Å². The highest BCUT2D eigenvalue weighted by atomic mass is 19.4.